The van der Waals surface area contributed by atoms with Gasteiger partial charge < -0.3 is 10.1 Å². The van der Waals surface area contributed by atoms with E-state index in [0.717, 1.165) is 15.5 Å². The lowest BCUT2D eigenvalue weighted by Crippen LogP contribution is -2.47. The number of hydrogen-bond acceptors (Lipinski definition) is 5. The number of hydrogen-bond donors (Lipinski definition) is 1. The summed E-state index contributed by atoms with van der Waals surface area (Å²) >= 11 is 1.57. The quantitative estimate of drug-likeness (QED) is 0.676. The molecule has 2 aromatic carbocycles. The third-order valence-corrected chi connectivity index (χ3v) is 5.90. The summed E-state index contributed by atoms with van der Waals surface area (Å²) in [5, 5.41) is 2.83. The molecule has 0 aromatic heterocycles. The molecule has 0 saturated carbocycles. The summed E-state index contributed by atoms with van der Waals surface area (Å²) in [7, 11) is -2.14. The average molecular weight is 409 g/mol. The number of carbonyl (C=O) groups excluding carboxylic acids is 1. The first-order valence-corrected chi connectivity index (χ1v) is 11.5. The molecule has 1 amide bonds. The van der Waals surface area contributed by atoms with E-state index in [-0.39, 0.29) is 5.91 Å². The van der Waals surface area contributed by atoms with E-state index in [2.05, 4.69) is 5.32 Å². The average Bonchev–Trinajstić information content (AvgIpc) is 2.65. The van der Waals surface area contributed by atoms with Crippen LogP contribution >= 0.6 is 11.8 Å². The van der Waals surface area contributed by atoms with E-state index in [9.17, 15) is 13.2 Å². The summed E-state index contributed by atoms with van der Waals surface area (Å²) in [6.07, 6.45) is 3.37. The van der Waals surface area contributed by atoms with Gasteiger partial charge in [-0.05, 0) is 55.1 Å². The van der Waals surface area contributed by atoms with Crippen LogP contribution in [0, 0.1) is 0 Å². The Kier molecular flexibility index (Phi) is 7.15. The van der Waals surface area contributed by atoms with Crippen LogP contribution in [0.1, 0.15) is 13.3 Å². The van der Waals surface area contributed by atoms with E-state index in [1.807, 2.05) is 24.5 Å². The van der Waals surface area contributed by atoms with Crippen molar-refractivity contribution in [3.05, 3.63) is 48.5 Å². The molecule has 1 atom stereocenters. The molecule has 27 heavy (non-hydrogen) atoms. The minimum Gasteiger partial charge on any atom is -0.497 e. The second kappa shape index (κ2) is 9.14. The van der Waals surface area contributed by atoms with Gasteiger partial charge in [0.05, 0.1) is 19.1 Å². The third-order valence-electron chi connectivity index (χ3n) is 3.99. The maximum absolute atomic E-state index is 12.9. The van der Waals surface area contributed by atoms with Crippen molar-refractivity contribution in [3.8, 4) is 5.75 Å². The minimum atomic E-state index is -3.67. The zero-order valence-electron chi connectivity index (χ0n) is 15.8. The maximum Gasteiger partial charge on any atom is 0.248 e. The van der Waals surface area contributed by atoms with Gasteiger partial charge in [-0.2, -0.15) is 0 Å². The Balaban J connectivity index is 2.34. The van der Waals surface area contributed by atoms with Crippen LogP contribution in [0.15, 0.2) is 53.4 Å². The van der Waals surface area contributed by atoms with Gasteiger partial charge in [-0.25, -0.2) is 8.42 Å². The molecule has 0 radical (unpaired) electrons. The summed E-state index contributed by atoms with van der Waals surface area (Å²) in [5.74, 6) is 0.232. The lowest BCUT2D eigenvalue weighted by Gasteiger charge is -2.30. The largest absolute Gasteiger partial charge is 0.497 e. The van der Waals surface area contributed by atoms with Crippen molar-refractivity contribution in [1.82, 2.24) is 0 Å². The van der Waals surface area contributed by atoms with Gasteiger partial charge >= 0.3 is 0 Å². The molecule has 0 spiro atoms. The lowest BCUT2D eigenvalue weighted by atomic mass is 10.1. The van der Waals surface area contributed by atoms with E-state index in [1.54, 1.807) is 49.0 Å². The van der Waals surface area contributed by atoms with Crippen LogP contribution in [0.2, 0.25) is 0 Å². The van der Waals surface area contributed by atoms with Crippen LogP contribution in [0.4, 0.5) is 11.4 Å². The first kappa shape index (κ1) is 21.1. The molecule has 0 unspecified atom stereocenters. The number of thioether (sulfide) groups is 1. The Hall–Kier alpha value is -2.19. The number of nitrogens with zero attached hydrogens (tertiary/aromatic N) is 1. The van der Waals surface area contributed by atoms with E-state index >= 15 is 0 Å². The van der Waals surface area contributed by atoms with E-state index in [4.69, 9.17) is 4.74 Å². The highest BCUT2D eigenvalue weighted by Crippen LogP contribution is 2.26. The zero-order chi connectivity index (χ0) is 20.0. The van der Waals surface area contributed by atoms with Crippen molar-refractivity contribution in [2.75, 3.05) is 29.2 Å². The van der Waals surface area contributed by atoms with Gasteiger partial charge in [0.25, 0.3) is 0 Å². The molecular weight excluding hydrogens is 384 g/mol. The highest BCUT2D eigenvalue weighted by atomic mass is 32.2. The monoisotopic (exact) mass is 408 g/mol. The first-order valence-electron chi connectivity index (χ1n) is 8.38. The van der Waals surface area contributed by atoms with Crippen LogP contribution in [0.5, 0.6) is 5.75 Å². The summed E-state index contributed by atoms with van der Waals surface area (Å²) in [6.45, 7) is 1.78. The molecule has 8 heteroatoms. The number of amides is 1. The van der Waals surface area contributed by atoms with Crippen molar-refractivity contribution >= 4 is 39.1 Å². The normalized spacial score (nSPS) is 12.3. The molecule has 0 fully saturated rings. The van der Waals surface area contributed by atoms with Gasteiger partial charge in [0.2, 0.25) is 15.9 Å². The fourth-order valence-corrected chi connectivity index (χ4v) is 4.39. The molecule has 0 heterocycles. The third kappa shape index (κ3) is 5.40. The Morgan fingerprint density at radius 3 is 2.41 bits per heavy atom. The van der Waals surface area contributed by atoms with Crippen molar-refractivity contribution in [1.29, 1.82) is 0 Å². The van der Waals surface area contributed by atoms with Crippen LogP contribution in [-0.4, -0.2) is 40.0 Å². The predicted octanol–water partition coefficient (Wildman–Crippen LogP) is 3.60. The summed E-state index contributed by atoms with van der Waals surface area (Å²) in [6, 6.07) is 13.1. The molecule has 0 aliphatic heterocycles. The summed E-state index contributed by atoms with van der Waals surface area (Å²) in [4.78, 5) is 13.9. The van der Waals surface area contributed by atoms with E-state index in [1.165, 1.54) is 7.11 Å². The van der Waals surface area contributed by atoms with E-state index < -0.39 is 16.1 Å². The van der Waals surface area contributed by atoms with Gasteiger partial charge in [-0.3, -0.25) is 9.10 Å². The second-order valence-corrected chi connectivity index (χ2v) is 8.64. The highest BCUT2D eigenvalue weighted by molar-refractivity contribution is 7.98. The number of nitrogens with one attached hydrogen (secondary N) is 1. The molecular formula is C19H24N2O4S2. The van der Waals surface area contributed by atoms with Crippen LogP contribution in [0.25, 0.3) is 0 Å². The highest BCUT2D eigenvalue weighted by Gasteiger charge is 2.31. The molecule has 0 aliphatic rings. The smallest absolute Gasteiger partial charge is 0.248 e. The number of benzene rings is 2. The zero-order valence-corrected chi connectivity index (χ0v) is 17.4. The van der Waals surface area contributed by atoms with Gasteiger partial charge in [-0.15, -0.1) is 11.8 Å². The SMILES string of the molecule is CC[C@@H](C(=O)Nc1cccc(SC)c1)N(c1ccc(OC)cc1)S(C)(=O)=O. The number of carbonyl (C=O) groups is 1. The van der Waals surface area contributed by atoms with Crippen molar-refractivity contribution < 1.29 is 17.9 Å². The Morgan fingerprint density at radius 1 is 1.22 bits per heavy atom. The molecule has 146 valence electrons. The Morgan fingerprint density at radius 2 is 1.89 bits per heavy atom. The predicted molar refractivity (Wildman–Crippen MR) is 111 cm³/mol. The van der Waals surface area contributed by atoms with Crippen LogP contribution in [0.3, 0.4) is 0 Å². The van der Waals surface area contributed by atoms with Crippen LogP contribution < -0.4 is 14.4 Å². The molecule has 1 N–H and O–H groups in total. The molecule has 6 nitrogen and oxygen atoms in total. The van der Waals surface area contributed by atoms with Gasteiger partial charge in [0, 0.05) is 10.6 Å². The van der Waals surface area contributed by atoms with Gasteiger partial charge in [0.1, 0.15) is 11.8 Å². The number of sulfonamides is 1. The second-order valence-electron chi connectivity index (χ2n) is 5.90. The molecule has 2 aromatic rings. The minimum absolute atomic E-state index is 0.327. The lowest BCUT2D eigenvalue weighted by molar-refractivity contribution is -0.117. The summed E-state index contributed by atoms with van der Waals surface area (Å²) in [5.41, 5.74) is 1.05. The van der Waals surface area contributed by atoms with E-state index in [0.29, 0.717) is 23.5 Å². The number of methoxy groups -OCH3 is 1. The van der Waals surface area contributed by atoms with Crippen molar-refractivity contribution in [2.45, 2.75) is 24.3 Å². The topological polar surface area (TPSA) is 75.7 Å². The van der Waals surface area contributed by atoms with Crippen LogP contribution in [-0.2, 0) is 14.8 Å². The van der Waals surface area contributed by atoms with Gasteiger partial charge in [0.15, 0.2) is 0 Å². The fraction of sp³-hybridized carbons (Fsp3) is 0.316. The fourth-order valence-electron chi connectivity index (χ4n) is 2.72. The molecule has 0 saturated heterocycles. The first-order chi connectivity index (χ1) is 12.8. The number of rotatable bonds is 8. The Labute approximate surface area is 165 Å². The van der Waals surface area contributed by atoms with Crippen molar-refractivity contribution in [2.24, 2.45) is 0 Å². The number of ether oxygens (including phenoxy) is 1. The van der Waals surface area contributed by atoms with Crippen molar-refractivity contribution in [3.63, 3.8) is 0 Å². The molecule has 0 aliphatic carbocycles. The maximum atomic E-state index is 12.9. The Bertz CT molecular complexity index is 883. The molecule has 0 bridgehead atoms. The van der Waals surface area contributed by atoms with Gasteiger partial charge in [-0.1, -0.05) is 13.0 Å². The number of anilines is 2. The summed E-state index contributed by atoms with van der Waals surface area (Å²) < 4.78 is 31.2. The molecule has 2 rings (SSSR count). The standard InChI is InChI=1S/C19H24N2O4S2/c1-5-18(19(22)20-14-7-6-8-17(13-14)26-3)21(27(4,23)24)15-9-11-16(25-2)12-10-15/h6-13,18H,5H2,1-4H3,(H,20,22)/t18-/m0/s1.